The van der Waals surface area contributed by atoms with Crippen LogP contribution in [-0.2, 0) is 0 Å². The van der Waals surface area contributed by atoms with E-state index in [0.29, 0.717) is 11.3 Å². The van der Waals surface area contributed by atoms with Crippen molar-refractivity contribution >= 4 is 0 Å². The highest BCUT2D eigenvalue weighted by molar-refractivity contribution is 5.02. The van der Waals surface area contributed by atoms with Crippen LogP contribution in [0.5, 0.6) is 0 Å². The first-order valence-corrected chi connectivity index (χ1v) is 6.16. The lowest BCUT2D eigenvalue weighted by Crippen LogP contribution is -2.20. The lowest BCUT2D eigenvalue weighted by molar-refractivity contribution is 0.221. The van der Waals surface area contributed by atoms with Crippen molar-refractivity contribution in [2.75, 3.05) is 0 Å². The molecule has 0 spiro atoms. The van der Waals surface area contributed by atoms with Gasteiger partial charge in [0.1, 0.15) is 5.82 Å². The highest BCUT2D eigenvalue weighted by Crippen LogP contribution is 2.41. The lowest BCUT2D eigenvalue weighted by Gasteiger charge is -2.33. The molecule has 90 valence electrons. The third-order valence-corrected chi connectivity index (χ3v) is 3.65. The number of nitrogens with zero attached hydrogens (tertiary/aromatic N) is 2. The Labute approximate surface area is 97.0 Å². The minimum atomic E-state index is -0.0787. The third kappa shape index (κ3) is 2.43. The van der Waals surface area contributed by atoms with Gasteiger partial charge in [-0.25, -0.2) is 4.98 Å². The van der Waals surface area contributed by atoms with Crippen LogP contribution >= 0.6 is 0 Å². The van der Waals surface area contributed by atoms with Crippen LogP contribution in [0.25, 0.3) is 0 Å². The second kappa shape index (κ2) is 4.17. The molecular formula is C12H22N4. The largest absolute Gasteiger partial charge is 0.321 e. The van der Waals surface area contributed by atoms with Crippen molar-refractivity contribution in [2.45, 2.75) is 58.4 Å². The molecule has 1 fully saturated rings. The van der Waals surface area contributed by atoms with Crippen LogP contribution < -0.4 is 5.73 Å². The van der Waals surface area contributed by atoms with E-state index in [9.17, 15) is 0 Å². The summed E-state index contributed by atoms with van der Waals surface area (Å²) < 4.78 is 0. The van der Waals surface area contributed by atoms with E-state index < -0.39 is 0 Å². The fourth-order valence-corrected chi connectivity index (χ4v) is 2.35. The second-order valence-corrected chi connectivity index (χ2v) is 5.81. The van der Waals surface area contributed by atoms with Gasteiger partial charge >= 0.3 is 0 Å². The molecule has 16 heavy (non-hydrogen) atoms. The van der Waals surface area contributed by atoms with Crippen LogP contribution in [0.2, 0.25) is 0 Å². The normalized spacial score (nSPS) is 23.2. The van der Waals surface area contributed by atoms with E-state index in [4.69, 9.17) is 5.73 Å². The van der Waals surface area contributed by atoms with E-state index >= 15 is 0 Å². The number of H-pyrrole nitrogens is 1. The van der Waals surface area contributed by atoms with Crippen LogP contribution in [0.1, 0.15) is 70.1 Å². The van der Waals surface area contributed by atoms with Gasteiger partial charge in [0, 0.05) is 5.92 Å². The maximum Gasteiger partial charge on any atom is 0.167 e. The van der Waals surface area contributed by atoms with Gasteiger partial charge in [-0.05, 0) is 38.0 Å². The molecule has 0 aromatic carbocycles. The minimum Gasteiger partial charge on any atom is -0.321 e. The van der Waals surface area contributed by atoms with Gasteiger partial charge in [0.15, 0.2) is 5.82 Å². The fraction of sp³-hybridized carbons (Fsp3) is 0.833. The van der Waals surface area contributed by atoms with E-state index in [1.54, 1.807) is 0 Å². The number of rotatable bonds is 2. The number of nitrogens with one attached hydrogen (secondary N) is 1. The number of aromatic amines is 1. The van der Waals surface area contributed by atoms with Gasteiger partial charge in [-0.15, -0.1) is 0 Å². The van der Waals surface area contributed by atoms with Crippen LogP contribution in [0.4, 0.5) is 0 Å². The van der Waals surface area contributed by atoms with Gasteiger partial charge in [0.05, 0.1) is 6.04 Å². The lowest BCUT2D eigenvalue weighted by atomic mass is 9.73. The van der Waals surface area contributed by atoms with Crippen LogP contribution in [0.3, 0.4) is 0 Å². The van der Waals surface area contributed by atoms with E-state index in [-0.39, 0.29) is 6.04 Å². The summed E-state index contributed by atoms with van der Waals surface area (Å²) in [5, 5.41) is 7.21. The minimum absolute atomic E-state index is 0.0787. The first-order valence-electron chi connectivity index (χ1n) is 6.16. The summed E-state index contributed by atoms with van der Waals surface area (Å²) in [6, 6.07) is -0.0787. The molecule has 1 heterocycles. The van der Waals surface area contributed by atoms with E-state index in [1.165, 1.54) is 25.7 Å². The Morgan fingerprint density at radius 1 is 1.38 bits per heavy atom. The van der Waals surface area contributed by atoms with Crippen LogP contribution in [0, 0.1) is 5.41 Å². The SMILES string of the molecule is CC(N)c1n[nH]c(C2CCC(C)(C)CC2)n1. The Morgan fingerprint density at radius 2 is 2.00 bits per heavy atom. The smallest absolute Gasteiger partial charge is 0.167 e. The molecule has 1 aliphatic rings. The summed E-state index contributed by atoms with van der Waals surface area (Å²) in [5.41, 5.74) is 6.26. The number of hydrogen-bond donors (Lipinski definition) is 2. The molecule has 2 rings (SSSR count). The molecule has 0 radical (unpaired) electrons. The number of hydrogen-bond acceptors (Lipinski definition) is 3. The van der Waals surface area contributed by atoms with Gasteiger partial charge < -0.3 is 5.73 Å². The maximum atomic E-state index is 5.75. The molecule has 1 aromatic rings. The first kappa shape index (κ1) is 11.6. The summed E-state index contributed by atoms with van der Waals surface area (Å²) >= 11 is 0. The Hall–Kier alpha value is -0.900. The molecule has 1 aromatic heterocycles. The molecule has 4 nitrogen and oxygen atoms in total. The van der Waals surface area contributed by atoms with Crippen LogP contribution in [0.15, 0.2) is 0 Å². The van der Waals surface area contributed by atoms with Crippen molar-refractivity contribution in [2.24, 2.45) is 11.1 Å². The third-order valence-electron chi connectivity index (χ3n) is 3.65. The van der Waals surface area contributed by atoms with Crippen LogP contribution in [-0.4, -0.2) is 15.2 Å². The molecule has 3 N–H and O–H groups in total. The monoisotopic (exact) mass is 222 g/mol. The highest BCUT2D eigenvalue weighted by atomic mass is 15.2. The molecule has 1 atom stereocenters. The molecule has 0 amide bonds. The zero-order chi connectivity index (χ0) is 11.8. The van der Waals surface area contributed by atoms with Crippen molar-refractivity contribution in [1.82, 2.24) is 15.2 Å². The summed E-state index contributed by atoms with van der Waals surface area (Å²) in [7, 11) is 0. The van der Waals surface area contributed by atoms with E-state index in [1.807, 2.05) is 6.92 Å². The summed E-state index contributed by atoms with van der Waals surface area (Å²) in [4.78, 5) is 4.49. The number of aromatic nitrogens is 3. The molecule has 1 aliphatic carbocycles. The maximum absolute atomic E-state index is 5.75. The predicted molar refractivity (Wildman–Crippen MR) is 64.0 cm³/mol. The highest BCUT2D eigenvalue weighted by Gasteiger charge is 2.29. The quantitative estimate of drug-likeness (QED) is 0.808. The van der Waals surface area contributed by atoms with Gasteiger partial charge in [0.2, 0.25) is 0 Å². The summed E-state index contributed by atoms with van der Waals surface area (Å²) in [6.07, 6.45) is 4.96. The Morgan fingerprint density at radius 3 is 2.50 bits per heavy atom. The zero-order valence-corrected chi connectivity index (χ0v) is 10.5. The van der Waals surface area contributed by atoms with E-state index in [0.717, 1.165) is 11.6 Å². The Bertz CT molecular complexity index is 344. The molecule has 1 saturated carbocycles. The molecular weight excluding hydrogens is 200 g/mol. The van der Waals surface area contributed by atoms with Crippen molar-refractivity contribution in [3.8, 4) is 0 Å². The van der Waals surface area contributed by atoms with Gasteiger partial charge in [-0.1, -0.05) is 13.8 Å². The zero-order valence-electron chi connectivity index (χ0n) is 10.5. The average molecular weight is 222 g/mol. The number of nitrogens with two attached hydrogens (primary N) is 1. The van der Waals surface area contributed by atoms with Crippen molar-refractivity contribution in [3.63, 3.8) is 0 Å². The van der Waals surface area contributed by atoms with Crippen molar-refractivity contribution < 1.29 is 0 Å². The molecule has 4 heteroatoms. The standard InChI is InChI=1S/C12H22N4/c1-8(13)10-14-11(16-15-10)9-4-6-12(2,3)7-5-9/h8-9H,4-7,13H2,1-3H3,(H,14,15,16). The van der Waals surface area contributed by atoms with E-state index in [2.05, 4.69) is 29.0 Å². The second-order valence-electron chi connectivity index (χ2n) is 5.81. The predicted octanol–water partition coefficient (Wildman–Crippen LogP) is 2.51. The van der Waals surface area contributed by atoms with Crippen molar-refractivity contribution in [1.29, 1.82) is 0 Å². The Balaban J connectivity index is 2.03. The molecule has 0 saturated heterocycles. The first-order chi connectivity index (χ1) is 7.48. The molecule has 0 aliphatic heterocycles. The topological polar surface area (TPSA) is 67.6 Å². The Kier molecular flexibility index (Phi) is 3.02. The average Bonchev–Trinajstić information content (AvgIpc) is 2.66. The van der Waals surface area contributed by atoms with Gasteiger partial charge in [-0.3, -0.25) is 5.10 Å². The summed E-state index contributed by atoms with van der Waals surface area (Å²) in [5.74, 6) is 2.32. The van der Waals surface area contributed by atoms with Gasteiger partial charge in [-0.2, -0.15) is 5.10 Å². The van der Waals surface area contributed by atoms with Gasteiger partial charge in [0.25, 0.3) is 0 Å². The summed E-state index contributed by atoms with van der Waals surface area (Å²) in [6.45, 7) is 6.60. The molecule has 0 bridgehead atoms. The molecule has 1 unspecified atom stereocenters. The van der Waals surface area contributed by atoms with Crippen molar-refractivity contribution in [3.05, 3.63) is 11.6 Å². The fourth-order valence-electron chi connectivity index (χ4n) is 2.35.